The van der Waals surface area contributed by atoms with Crippen molar-refractivity contribution < 1.29 is 0 Å². The third kappa shape index (κ3) is 1.22. The Bertz CT molecular complexity index is 162. The van der Waals surface area contributed by atoms with E-state index in [1.807, 2.05) is 0 Å². The molecule has 0 N–H and O–H groups in total. The fourth-order valence-corrected chi connectivity index (χ4v) is 4.45. The summed E-state index contributed by atoms with van der Waals surface area (Å²) in [6.45, 7) is 7.29. The highest BCUT2D eigenvalue weighted by atomic mass is 32.2. The number of rotatable bonds is 0. The van der Waals surface area contributed by atoms with Crippen LogP contribution in [0.5, 0.6) is 0 Å². The zero-order chi connectivity index (χ0) is 8.06. The van der Waals surface area contributed by atoms with Gasteiger partial charge in [0.15, 0.2) is 0 Å². The molecule has 1 heterocycles. The van der Waals surface area contributed by atoms with Gasteiger partial charge in [-0.25, -0.2) is 0 Å². The molecule has 1 aliphatic carbocycles. The Morgan fingerprint density at radius 3 is 2.64 bits per heavy atom. The molecule has 0 unspecified atom stereocenters. The van der Waals surface area contributed by atoms with E-state index in [-0.39, 0.29) is 0 Å². The van der Waals surface area contributed by atoms with Crippen molar-refractivity contribution >= 4 is 11.8 Å². The van der Waals surface area contributed by atoms with Crippen LogP contribution in [0.1, 0.15) is 40.0 Å². The Morgan fingerprint density at radius 1 is 1.27 bits per heavy atom. The van der Waals surface area contributed by atoms with Gasteiger partial charge in [-0.3, -0.25) is 0 Å². The Balaban J connectivity index is 2.16. The maximum atomic E-state index is 2.43. The summed E-state index contributed by atoms with van der Waals surface area (Å²) in [6.07, 6.45) is 4.46. The van der Waals surface area contributed by atoms with Gasteiger partial charge in [-0.1, -0.05) is 20.8 Å². The van der Waals surface area contributed by atoms with Crippen LogP contribution >= 0.6 is 11.8 Å². The molecule has 2 bridgehead atoms. The summed E-state index contributed by atoms with van der Waals surface area (Å²) >= 11 is 2.25. The van der Waals surface area contributed by atoms with Crippen LogP contribution in [0.4, 0.5) is 0 Å². The molecule has 3 atom stereocenters. The first-order valence-electron chi connectivity index (χ1n) is 4.77. The van der Waals surface area contributed by atoms with E-state index in [1.165, 1.54) is 19.3 Å². The number of thioether (sulfide) groups is 1. The van der Waals surface area contributed by atoms with Crippen LogP contribution in [-0.4, -0.2) is 10.00 Å². The molecular formula is C10H18S. The molecule has 0 aromatic carbocycles. The standard InChI is InChI=1S/C10H18S/c1-7-4-5-8-6-9(7)11-10(8,2)3/h7-9H,4-6H2,1-3H3/t7-,8-,9-/m1/s1. The maximum Gasteiger partial charge on any atom is 0.0135 e. The summed E-state index contributed by atoms with van der Waals surface area (Å²) in [7, 11) is 0. The zero-order valence-corrected chi connectivity index (χ0v) is 8.58. The highest BCUT2D eigenvalue weighted by Gasteiger charge is 2.45. The largest absolute Gasteiger partial charge is 0.152 e. The molecule has 1 heteroatoms. The molecule has 0 radical (unpaired) electrons. The van der Waals surface area contributed by atoms with Gasteiger partial charge in [0.25, 0.3) is 0 Å². The summed E-state index contributed by atoms with van der Waals surface area (Å²) in [5.41, 5.74) is 0. The van der Waals surface area contributed by atoms with E-state index in [2.05, 4.69) is 32.5 Å². The molecule has 2 rings (SSSR count). The normalized spacial score (nSPS) is 47.7. The third-order valence-electron chi connectivity index (χ3n) is 3.56. The molecule has 0 amide bonds. The SMILES string of the molecule is C[C@@H]1CC[C@@H]2C[C@H]1SC2(C)C. The van der Waals surface area contributed by atoms with E-state index >= 15 is 0 Å². The summed E-state index contributed by atoms with van der Waals surface area (Å²) in [5.74, 6) is 2.01. The second kappa shape index (κ2) is 2.42. The van der Waals surface area contributed by atoms with E-state index < -0.39 is 0 Å². The molecule has 0 spiro atoms. The van der Waals surface area contributed by atoms with Crippen LogP contribution < -0.4 is 0 Å². The molecule has 0 nitrogen and oxygen atoms in total. The van der Waals surface area contributed by atoms with Crippen molar-refractivity contribution in [3.63, 3.8) is 0 Å². The molecule has 64 valence electrons. The lowest BCUT2D eigenvalue weighted by Crippen LogP contribution is -2.23. The van der Waals surface area contributed by atoms with Gasteiger partial charge in [-0.05, 0) is 31.1 Å². The monoisotopic (exact) mass is 170 g/mol. The lowest BCUT2D eigenvalue weighted by Gasteiger charge is -2.26. The molecule has 11 heavy (non-hydrogen) atoms. The van der Waals surface area contributed by atoms with Crippen LogP contribution in [0.3, 0.4) is 0 Å². The molecule has 2 aliphatic rings. The molecular weight excluding hydrogens is 152 g/mol. The lowest BCUT2D eigenvalue weighted by molar-refractivity contribution is 0.290. The first kappa shape index (κ1) is 7.97. The van der Waals surface area contributed by atoms with Gasteiger partial charge in [-0.15, -0.1) is 0 Å². The summed E-state index contributed by atoms with van der Waals surface area (Å²) in [4.78, 5) is 0. The average molecular weight is 170 g/mol. The first-order valence-corrected chi connectivity index (χ1v) is 5.65. The van der Waals surface area contributed by atoms with Crippen molar-refractivity contribution in [3.05, 3.63) is 0 Å². The van der Waals surface area contributed by atoms with Crippen LogP contribution in [-0.2, 0) is 0 Å². The molecule has 2 fully saturated rings. The summed E-state index contributed by atoms with van der Waals surface area (Å²) in [5, 5.41) is 0.990. The maximum absolute atomic E-state index is 2.43. The van der Waals surface area contributed by atoms with Crippen LogP contribution in [0, 0.1) is 11.8 Å². The molecule has 1 aliphatic heterocycles. The fourth-order valence-electron chi connectivity index (χ4n) is 2.56. The predicted octanol–water partition coefficient (Wildman–Crippen LogP) is 3.32. The second-order valence-corrected chi connectivity index (χ2v) is 6.64. The van der Waals surface area contributed by atoms with Crippen molar-refractivity contribution in [2.75, 3.05) is 0 Å². The molecule has 0 aromatic rings. The average Bonchev–Trinajstić information content (AvgIpc) is 2.16. The second-order valence-electron chi connectivity index (χ2n) is 4.75. The lowest BCUT2D eigenvalue weighted by atomic mass is 9.78. The Labute approximate surface area is 74.1 Å². The minimum atomic E-state index is 0.593. The molecule has 1 saturated heterocycles. The third-order valence-corrected chi connectivity index (χ3v) is 5.46. The van der Waals surface area contributed by atoms with Gasteiger partial charge in [-0.2, -0.15) is 11.8 Å². The number of hydrogen-bond donors (Lipinski definition) is 0. The Kier molecular flexibility index (Phi) is 1.75. The quantitative estimate of drug-likeness (QED) is 0.537. The van der Waals surface area contributed by atoms with Crippen LogP contribution in [0.2, 0.25) is 0 Å². The van der Waals surface area contributed by atoms with Gasteiger partial charge in [0.1, 0.15) is 0 Å². The van der Waals surface area contributed by atoms with Crippen molar-refractivity contribution in [2.24, 2.45) is 11.8 Å². The van der Waals surface area contributed by atoms with Gasteiger partial charge >= 0.3 is 0 Å². The Hall–Kier alpha value is 0.350. The first-order chi connectivity index (χ1) is 5.09. The van der Waals surface area contributed by atoms with Crippen molar-refractivity contribution in [2.45, 2.75) is 50.0 Å². The predicted molar refractivity (Wildman–Crippen MR) is 52.0 cm³/mol. The van der Waals surface area contributed by atoms with E-state index in [1.54, 1.807) is 0 Å². The van der Waals surface area contributed by atoms with E-state index in [9.17, 15) is 0 Å². The molecule has 1 saturated carbocycles. The van der Waals surface area contributed by atoms with E-state index in [0.29, 0.717) is 4.75 Å². The van der Waals surface area contributed by atoms with Crippen LogP contribution in [0.25, 0.3) is 0 Å². The minimum absolute atomic E-state index is 0.593. The summed E-state index contributed by atoms with van der Waals surface area (Å²) in [6, 6.07) is 0. The Morgan fingerprint density at radius 2 is 2.00 bits per heavy atom. The number of hydrogen-bond acceptors (Lipinski definition) is 1. The van der Waals surface area contributed by atoms with Gasteiger partial charge in [0.05, 0.1) is 0 Å². The van der Waals surface area contributed by atoms with Gasteiger partial charge in [0.2, 0.25) is 0 Å². The van der Waals surface area contributed by atoms with Gasteiger partial charge < -0.3 is 0 Å². The number of fused-ring (bicyclic) bond motifs is 2. The smallest absolute Gasteiger partial charge is 0.0135 e. The highest BCUT2D eigenvalue weighted by molar-refractivity contribution is 8.01. The van der Waals surface area contributed by atoms with Crippen molar-refractivity contribution in [3.8, 4) is 0 Å². The fraction of sp³-hybridized carbons (Fsp3) is 1.00. The van der Waals surface area contributed by atoms with Gasteiger partial charge in [0, 0.05) is 10.00 Å². The zero-order valence-electron chi connectivity index (χ0n) is 7.76. The van der Waals surface area contributed by atoms with E-state index in [4.69, 9.17) is 0 Å². The van der Waals surface area contributed by atoms with Crippen molar-refractivity contribution in [1.29, 1.82) is 0 Å². The van der Waals surface area contributed by atoms with Crippen LogP contribution in [0.15, 0.2) is 0 Å². The topological polar surface area (TPSA) is 0 Å². The minimum Gasteiger partial charge on any atom is -0.152 e. The van der Waals surface area contributed by atoms with Crippen molar-refractivity contribution in [1.82, 2.24) is 0 Å². The summed E-state index contributed by atoms with van der Waals surface area (Å²) < 4.78 is 0.593. The molecule has 0 aromatic heterocycles. The highest BCUT2D eigenvalue weighted by Crippen LogP contribution is 2.55. The van der Waals surface area contributed by atoms with E-state index in [0.717, 1.165) is 17.1 Å².